The van der Waals surface area contributed by atoms with Crippen LogP contribution >= 0.6 is 0 Å². The third-order valence-corrected chi connectivity index (χ3v) is 6.10. The van der Waals surface area contributed by atoms with E-state index in [-0.39, 0.29) is 26.3 Å². The molecule has 7 nitrogen and oxygen atoms in total. The van der Waals surface area contributed by atoms with Crippen molar-refractivity contribution < 1.29 is 27.8 Å². The zero-order valence-electron chi connectivity index (χ0n) is 21.5. The molecule has 0 spiro atoms. The van der Waals surface area contributed by atoms with Crippen LogP contribution in [-0.4, -0.2) is 44.9 Å². The summed E-state index contributed by atoms with van der Waals surface area (Å²) >= 11 is 0. The Balaban J connectivity index is 1.54. The second kappa shape index (κ2) is 11.4. The number of nitriles is 1. The molecule has 9 heteroatoms. The third-order valence-electron chi connectivity index (χ3n) is 6.10. The molecule has 1 atom stereocenters. The number of carbonyl (C=O) groups is 1. The van der Waals surface area contributed by atoms with Gasteiger partial charge in [-0.2, -0.15) is 5.26 Å². The van der Waals surface area contributed by atoms with E-state index < -0.39 is 23.2 Å². The molecule has 198 valence electrons. The molecule has 0 radical (unpaired) electrons. The molecule has 0 saturated carbocycles. The number of likely N-dealkylation sites (N-methyl/N-ethyl adjacent to an activating group) is 1. The van der Waals surface area contributed by atoms with E-state index in [1.165, 1.54) is 12.1 Å². The summed E-state index contributed by atoms with van der Waals surface area (Å²) in [6, 6.07) is 17.8. The van der Waals surface area contributed by atoms with Crippen LogP contribution in [0.4, 0.5) is 20.2 Å². The molecule has 1 aliphatic rings. The van der Waals surface area contributed by atoms with Crippen molar-refractivity contribution in [3.8, 4) is 17.6 Å². The molecule has 3 aromatic rings. The Morgan fingerprint density at radius 1 is 1.13 bits per heavy atom. The van der Waals surface area contributed by atoms with Crippen molar-refractivity contribution in [2.45, 2.75) is 26.0 Å². The molecule has 0 bridgehead atoms. The lowest BCUT2D eigenvalue weighted by Gasteiger charge is -2.41. The fourth-order valence-electron chi connectivity index (χ4n) is 4.43. The average molecular weight is 522 g/mol. The maximum atomic E-state index is 13.8. The van der Waals surface area contributed by atoms with E-state index in [1.807, 2.05) is 31.0 Å². The number of ether oxygens (including phenoxy) is 3. The predicted octanol–water partition coefficient (Wildman–Crippen LogP) is 5.07. The third kappa shape index (κ3) is 6.51. The molecule has 1 unspecified atom stereocenters. The van der Waals surface area contributed by atoms with Crippen LogP contribution in [0.3, 0.4) is 0 Å². The largest absolute Gasteiger partial charge is 0.489 e. The van der Waals surface area contributed by atoms with E-state index >= 15 is 0 Å². The molecule has 0 aliphatic carbocycles. The van der Waals surface area contributed by atoms with E-state index in [0.717, 1.165) is 11.8 Å². The maximum absolute atomic E-state index is 13.8. The normalized spacial score (nSPS) is 16.2. The van der Waals surface area contributed by atoms with Crippen LogP contribution in [-0.2, 0) is 16.1 Å². The number of rotatable bonds is 9. The average Bonchev–Trinajstić information content (AvgIpc) is 2.87. The topological polar surface area (TPSA) is 75.0 Å². The summed E-state index contributed by atoms with van der Waals surface area (Å²) < 4.78 is 45.0. The molecule has 0 aromatic heterocycles. The molecule has 1 aliphatic heterocycles. The van der Waals surface area contributed by atoms with E-state index in [4.69, 9.17) is 19.5 Å². The summed E-state index contributed by atoms with van der Waals surface area (Å²) in [6.45, 7) is 4.72. The van der Waals surface area contributed by atoms with Gasteiger partial charge < -0.3 is 24.0 Å². The van der Waals surface area contributed by atoms with E-state index in [9.17, 15) is 13.6 Å². The van der Waals surface area contributed by atoms with Crippen LogP contribution in [0.2, 0.25) is 0 Å². The summed E-state index contributed by atoms with van der Waals surface area (Å²) in [5, 5.41) is 8.97. The number of halogens is 2. The highest BCUT2D eigenvalue weighted by Crippen LogP contribution is 2.39. The first-order valence-corrected chi connectivity index (χ1v) is 12.2. The quantitative estimate of drug-likeness (QED) is 0.364. The van der Waals surface area contributed by atoms with Gasteiger partial charge in [0, 0.05) is 25.3 Å². The van der Waals surface area contributed by atoms with Gasteiger partial charge in [-0.1, -0.05) is 0 Å². The highest BCUT2D eigenvalue weighted by Gasteiger charge is 2.36. The van der Waals surface area contributed by atoms with Gasteiger partial charge in [-0.05, 0) is 74.0 Å². The smallest absolute Gasteiger partial charge is 0.325 e. The van der Waals surface area contributed by atoms with Crippen molar-refractivity contribution in [2.75, 3.05) is 43.2 Å². The van der Waals surface area contributed by atoms with Crippen LogP contribution < -0.4 is 19.3 Å². The molecule has 0 amide bonds. The first-order valence-electron chi connectivity index (χ1n) is 12.2. The van der Waals surface area contributed by atoms with E-state index in [2.05, 4.69) is 6.07 Å². The fraction of sp³-hybridized carbons (Fsp3) is 0.310. The molecule has 0 N–H and O–H groups in total. The molecular weight excluding hydrogens is 492 g/mol. The van der Waals surface area contributed by atoms with Crippen molar-refractivity contribution in [1.29, 1.82) is 5.26 Å². The van der Waals surface area contributed by atoms with Crippen molar-refractivity contribution >= 4 is 17.3 Å². The summed E-state index contributed by atoms with van der Waals surface area (Å²) in [5.41, 5.74) is 1.77. The highest BCUT2D eigenvalue weighted by atomic mass is 19.1. The standard InChI is InChI=1S/C29H29F2N3O4/c1-4-36-28(35)17-34(16-21-11-22(30)13-23(31)12-21)24-7-10-27-26(14-24)33(3)18-29(2,38-27)19-37-25-8-5-20(15-32)6-9-25/h5-14H,4,16-19H2,1-3H3. The summed E-state index contributed by atoms with van der Waals surface area (Å²) in [4.78, 5) is 16.1. The molecule has 3 aromatic carbocycles. The van der Waals surface area contributed by atoms with Gasteiger partial charge >= 0.3 is 5.97 Å². The number of nitrogens with zero attached hydrogens (tertiary/aromatic N) is 3. The van der Waals surface area contributed by atoms with Crippen molar-refractivity contribution in [1.82, 2.24) is 0 Å². The Hall–Kier alpha value is -4.32. The van der Waals surface area contributed by atoms with E-state index in [1.54, 1.807) is 42.2 Å². The summed E-state index contributed by atoms with van der Waals surface area (Å²) in [5.74, 6) is -0.532. The number of esters is 1. The van der Waals surface area contributed by atoms with Crippen LogP contribution in [0, 0.1) is 23.0 Å². The number of hydrogen-bond acceptors (Lipinski definition) is 7. The minimum absolute atomic E-state index is 0.0918. The molecular formula is C29H29F2N3O4. The van der Waals surface area contributed by atoms with Gasteiger partial charge in [0.1, 0.15) is 36.3 Å². The fourth-order valence-corrected chi connectivity index (χ4v) is 4.43. The number of anilines is 2. The van der Waals surface area contributed by atoms with Crippen LogP contribution in [0.5, 0.6) is 11.5 Å². The summed E-state index contributed by atoms with van der Waals surface area (Å²) in [7, 11) is 1.93. The second-order valence-corrected chi connectivity index (χ2v) is 9.42. The van der Waals surface area contributed by atoms with Gasteiger partial charge in [-0.3, -0.25) is 4.79 Å². The predicted molar refractivity (Wildman–Crippen MR) is 139 cm³/mol. The van der Waals surface area contributed by atoms with Gasteiger partial charge in [0.05, 0.1) is 30.5 Å². The summed E-state index contributed by atoms with van der Waals surface area (Å²) in [6.07, 6.45) is 0. The van der Waals surface area contributed by atoms with Crippen LogP contribution in [0.25, 0.3) is 0 Å². The highest BCUT2D eigenvalue weighted by molar-refractivity contribution is 5.77. The van der Waals surface area contributed by atoms with E-state index in [0.29, 0.717) is 34.9 Å². The van der Waals surface area contributed by atoms with Crippen LogP contribution in [0.15, 0.2) is 60.7 Å². The Morgan fingerprint density at radius 2 is 1.84 bits per heavy atom. The minimum Gasteiger partial charge on any atom is -0.489 e. The van der Waals surface area contributed by atoms with Gasteiger partial charge in [0.2, 0.25) is 0 Å². The number of fused-ring (bicyclic) bond motifs is 1. The van der Waals surface area contributed by atoms with Crippen LogP contribution in [0.1, 0.15) is 25.0 Å². The van der Waals surface area contributed by atoms with Crippen molar-refractivity contribution in [3.05, 3.63) is 83.4 Å². The van der Waals surface area contributed by atoms with Crippen molar-refractivity contribution in [2.24, 2.45) is 0 Å². The first kappa shape index (κ1) is 26.7. The second-order valence-electron chi connectivity index (χ2n) is 9.42. The molecule has 1 heterocycles. The van der Waals surface area contributed by atoms with Gasteiger partial charge in [-0.15, -0.1) is 0 Å². The van der Waals surface area contributed by atoms with Gasteiger partial charge in [0.15, 0.2) is 5.60 Å². The lowest BCUT2D eigenvalue weighted by molar-refractivity contribution is -0.141. The monoisotopic (exact) mass is 521 g/mol. The Morgan fingerprint density at radius 3 is 2.50 bits per heavy atom. The Bertz CT molecular complexity index is 1320. The van der Waals surface area contributed by atoms with Gasteiger partial charge in [-0.25, -0.2) is 8.78 Å². The first-order chi connectivity index (χ1) is 18.2. The molecule has 0 saturated heterocycles. The molecule has 4 rings (SSSR count). The minimum atomic E-state index is -0.683. The Labute approximate surface area is 220 Å². The lowest BCUT2D eigenvalue weighted by atomic mass is 10.0. The number of hydrogen-bond donors (Lipinski definition) is 0. The Kier molecular flexibility index (Phi) is 8.01. The zero-order valence-corrected chi connectivity index (χ0v) is 21.5. The number of benzene rings is 3. The zero-order chi connectivity index (χ0) is 27.3. The lowest BCUT2D eigenvalue weighted by Crippen LogP contribution is -2.51. The van der Waals surface area contributed by atoms with Gasteiger partial charge in [0.25, 0.3) is 0 Å². The van der Waals surface area contributed by atoms with Crippen molar-refractivity contribution in [3.63, 3.8) is 0 Å². The SMILES string of the molecule is CCOC(=O)CN(Cc1cc(F)cc(F)c1)c1ccc2c(c1)N(C)CC(C)(COc1ccc(C#N)cc1)O2. The maximum Gasteiger partial charge on any atom is 0.325 e. The number of carbonyl (C=O) groups excluding carboxylic acids is 1. The molecule has 38 heavy (non-hydrogen) atoms. The molecule has 0 fully saturated rings.